The lowest BCUT2D eigenvalue weighted by atomic mass is 10.2. The first kappa shape index (κ1) is 15.9. The van der Waals surface area contributed by atoms with E-state index in [1.165, 1.54) is 4.90 Å². The monoisotopic (exact) mass is 432 g/mol. The van der Waals surface area contributed by atoms with Crippen molar-refractivity contribution >= 4 is 66.1 Å². The Bertz CT molecular complexity index is 630. The van der Waals surface area contributed by atoms with Gasteiger partial charge in [0.25, 0.3) is 0 Å². The lowest BCUT2D eigenvalue weighted by Gasteiger charge is -2.05. The van der Waals surface area contributed by atoms with Crippen LogP contribution in [0.5, 0.6) is 0 Å². The highest BCUT2D eigenvalue weighted by molar-refractivity contribution is 9.11. The van der Waals surface area contributed by atoms with Crippen molar-refractivity contribution in [1.82, 2.24) is 0 Å². The summed E-state index contributed by atoms with van der Waals surface area (Å²) < 4.78 is 1.91. The molecule has 0 saturated carbocycles. The van der Waals surface area contributed by atoms with Gasteiger partial charge in [-0.15, -0.1) is 11.8 Å². The van der Waals surface area contributed by atoms with Crippen molar-refractivity contribution in [3.63, 3.8) is 0 Å². The molecule has 0 fully saturated rings. The smallest absolute Gasteiger partial charge is 0.156 e. The lowest BCUT2D eigenvalue weighted by Crippen LogP contribution is -1.97. The van der Waals surface area contributed by atoms with Crippen molar-refractivity contribution in [2.45, 2.75) is 4.90 Å². The van der Waals surface area contributed by atoms with Crippen LogP contribution in [0.15, 0.2) is 61.4 Å². The van der Waals surface area contributed by atoms with Crippen molar-refractivity contribution in [2.24, 2.45) is 5.10 Å². The second-order valence-corrected chi connectivity index (χ2v) is 6.87. The maximum Gasteiger partial charge on any atom is 0.156 e. The molecule has 2 aromatic rings. The van der Waals surface area contributed by atoms with E-state index >= 15 is 0 Å². The highest BCUT2D eigenvalue weighted by Gasteiger charge is 2.02. The standard InChI is InChI=1S/C14H11Br2ClN2S/c1-20-11-5-2-9(3-6-11)14(17)19-18-13-7-4-10(15)8-12(13)16/h2-8,18H,1H3. The van der Waals surface area contributed by atoms with Crippen LogP contribution in [-0.4, -0.2) is 11.4 Å². The van der Waals surface area contributed by atoms with E-state index < -0.39 is 0 Å². The number of nitrogens with one attached hydrogen (secondary N) is 1. The van der Waals surface area contributed by atoms with Crippen LogP contribution < -0.4 is 5.43 Å². The second kappa shape index (κ2) is 7.50. The molecule has 0 saturated heterocycles. The minimum Gasteiger partial charge on any atom is -0.276 e. The average Bonchev–Trinajstić information content (AvgIpc) is 2.46. The van der Waals surface area contributed by atoms with Crippen molar-refractivity contribution in [1.29, 1.82) is 0 Å². The quantitative estimate of drug-likeness (QED) is 0.366. The van der Waals surface area contributed by atoms with Crippen LogP contribution in [0.4, 0.5) is 5.69 Å². The van der Waals surface area contributed by atoms with Gasteiger partial charge in [0.2, 0.25) is 0 Å². The third-order valence-electron chi connectivity index (χ3n) is 2.53. The molecule has 0 aliphatic heterocycles. The van der Waals surface area contributed by atoms with E-state index in [2.05, 4.69) is 42.4 Å². The molecule has 2 aromatic carbocycles. The molecule has 0 unspecified atom stereocenters. The molecule has 2 nitrogen and oxygen atoms in total. The van der Waals surface area contributed by atoms with Gasteiger partial charge in [0.05, 0.1) is 5.69 Å². The van der Waals surface area contributed by atoms with Crippen LogP contribution >= 0.6 is 55.2 Å². The summed E-state index contributed by atoms with van der Waals surface area (Å²) in [6, 6.07) is 13.7. The Hall–Kier alpha value is -0.490. The number of nitrogens with zero attached hydrogens (tertiary/aromatic N) is 1. The zero-order chi connectivity index (χ0) is 14.5. The van der Waals surface area contributed by atoms with Gasteiger partial charge in [0, 0.05) is 19.4 Å². The molecule has 2 rings (SSSR count). The van der Waals surface area contributed by atoms with Crippen molar-refractivity contribution < 1.29 is 0 Å². The Morgan fingerprint density at radius 2 is 1.85 bits per heavy atom. The zero-order valence-corrected chi connectivity index (χ0v) is 15.3. The third kappa shape index (κ3) is 4.25. The van der Waals surface area contributed by atoms with Crippen LogP contribution in [0.3, 0.4) is 0 Å². The summed E-state index contributed by atoms with van der Waals surface area (Å²) in [5.41, 5.74) is 4.68. The topological polar surface area (TPSA) is 24.4 Å². The highest BCUT2D eigenvalue weighted by atomic mass is 79.9. The van der Waals surface area contributed by atoms with E-state index in [9.17, 15) is 0 Å². The second-order valence-electron chi connectivity index (χ2n) is 3.87. The van der Waals surface area contributed by atoms with Crippen molar-refractivity contribution in [3.05, 3.63) is 57.0 Å². The summed E-state index contributed by atoms with van der Waals surface area (Å²) in [5.74, 6) is 0. The molecular formula is C14H11Br2ClN2S. The zero-order valence-electron chi connectivity index (χ0n) is 10.5. The van der Waals surface area contributed by atoms with E-state index in [1.54, 1.807) is 11.8 Å². The first-order valence-corrected chi connectivity index (χ1v) is 8.87. The number of thioether (sulfide) groups is 1. The number of benzene rings is 2. The molecule has 20 heavy (non-hydrogen) atoms. The van der Waals surface area contributed by atoms with Gasteiger partial charge in [-0.1, -0.05) is 39.7 Å². The van der Waals surface area contributed by atoms with Crippen molar-refractivity contribution in [3.8, 4) is 0 Å². The minimum atomic E-state index is 0.424. The predicted octanol–water partition coefficient (Wildman–Crippen LogP) is 5.95. The molecule has 0 radical (unpaired) electrons. The number of rotatable bonds is 4. The summed E-state index contributed by atoms with van der Waals surface area (Å²) in [6.45, 7) is 0. The van der Waals surface area contributed by atoms with E-state index in [0.717, 1.165) is 20.2 Å². The number of anilines is 1. The highest BCUT2D eigenvalue weighted by Crippen LogP contribution is 2.26. The van der Waals surface area contributed by atoms with Gasteiger partial charge in [0.1, 0.15) is 0 Å². The molecule has 104 valence electrons. The lowest BCUT2D eigenvalue weighted by molar-refractivity contribution is 1.33. The summed E-state index contributed by atoms with van der Waals surface area (Å²) in [7, 11) is 0. The Morgan fingerprint density at radius 1 is 1.15 bits per heavy atom. The van der Waals surface area contributed by atoms with E-state index in [0.29, 0.717) is 5.17 Å². The summed E-state index contributed by atoms with van der Waals surface area (Å²) in [5, 5.41) is 4.61. The minimum absolute atomic E-state index is 0.424. The molecule has 0 bridgehead atoms. The number of halogens is 3. The molecule has 0 aliphatic rings. The maximum absolute atomic E-state index is 6.19. The largest absolute Gasteiger partial charge is 0.276 e. The normalized spacial score (nSPS) is 11.5. The first-order valence-electron chi connectivity index (χ1n) is 5.69. The molecule has 0 heterocycles. The molecule has 1 N–H and O–H groups in total. The number of hydrogen-bond acceptors (Lipinski definition) is 3. The van der Waals surface area contributed by atoms with Gasteiger partial charge in [-0.05, 0) is 52.5 Å². The van der Waals surface area contributed by atoms with Crippen molar-refractivity contribution in [2.75, 3.05) is 11.7 Å². The Balaban J connectivity index is 2.13. The first-order chi connectivity index (χ1) is 9.60. The van der Waals surface area contributed by atoms with Crippen LogP contribution in [0.1, 0.15) is 5.56 Å². The molecule has 0 amide bonds. The van der Waals surface area contributed by atoms with Gasteiger partial charge in [0.15, 0.2) is 5.17 Å². The average molecular weight is 435 g/mol. The van der Waals surface area contributed by atoms with Gasteiger partial charge < -0.3 is 0 Å². The summed E-state index contributed by atoms with van der Waals surface area (Å²) in [6.07, 6.45) is 2.04. The van der Waals surface area contributed by atoms with Crippen LogP contribution in [-0.2, 0) is 0 Å². The predicted molar refractivity (Wildman–Crippen MR) is 96.1 cm³/mol. The van der Waals surface area contributed by atoms with Gasteiger partial charge in [-0.25, -0.2) is 0 Å². The van der Waals surface area contributed by atoms with Crippen LogP contribution in [0, 0.1) is 0 Å². The molecule has 0 aromatic heterocycles. The Labute approximate surface area is 144 Å². The van der Waals surface area contributed by atoms with Gasteiger partial charge in [-0.2, -0.15) is 5.10 Å². The van der Waals surface area contributed by atoms with E-state index in [1.807, 2.05) is 48.7 Å². The summed E-state index contributed by atoms with van der Waals surface area (Å²) >= 11 is 14.8. The molecule has 0 atom stereocenters. The Morgan fingerprint density at radius 3 is 2.45 bits per heavy atom. The fourth-order valence-corrected chi connectivity index (χ4v) is 3.19. The molecule has 0 aliphatic carbocycles. The van der Waals surface area contributed by atoms with Crippen LogP contribution in [0.25, 0.3) is 0 Å². The number of hydrazone groups is 1. The number of hydrogen-bond donors (Lipinski definition) is 1. The van der Waals surface area contributed by atoms with E-state index in [-0.39, 0.29) is 0 Å². The molecule has 6 heteroatoms. The Kier molecular flexibility index (Phi) is 5.96. The van der Waals surface area contributed by atoms with Crippen LogP contribution in [0.2, 0.25) is 0 Å². The van der Waals surface area contributed by atoms with E-state index in [4.69, 9.17) is 11.6 Å². The fraction of sp³-hybridized carbons (Fsp3) is 0.0714. The van der Waals surface area contributed by atoms with Gasteiger partial charge >= 0.3 is 0 Å². The molecular weight excluding hydrogens is 423 g/mol. The third-order valence-corrected chi connectivity index (χ3v) is 4.73. The fourth-order valence-electron chi connectivity index (χ4n) is 1.48. The summed E-state index contributed by atoms with van der Waals surface area (Å²) in [4.78, 5) is 1.20. The van der Waals surface area contributed by atoms with Gasteiger partial charge in [-0.3, -0.25) is 5.43 Å². The SMILES string of the molecule is CSc1ccc(C(Cl)=NNc2ccc(Br)cc2Br)cc1. The molecule has 0 spiro atoms. The maximum atomic E-state index is 6.19.